The lowest BCUT2D eigenvalue weighted by Gasteiger charge is -2.24. The van der Waals surface area contributed by atoms with Crippen molar-refractivity contribution in [2.75, 3.05) is 19.5 Å². The van der Waals surface area contributed by atoms with Crippen LogP contribution in [0.1, 0.15) is 29.5 Å². The molecule has 6 nitrogen and oxygen atoms in total. The molecule has 1 fully saturated rings. The van der Waals surface area contributed by atoms with Crippen LogP contribution in [0.4, 0.5) is 0 Å². The molecule has 0 N–H and O–H groups in total. The summed E-state index contributed by atoms with van der Waals surface area (Å²) in [5.41, 5.74) is 3.41. The highest BCUT2D eigenvalue weighted by atomic mass is 32.2. The number of ether oxygens (including phenoxy) is 2. The Kier molecular flexibility index (Phi) is 4.50. The summed E-state index contributed by atoms with van der Waals surface area (Å²) in [4.78, 5) is 9.34. The van der Waals surface area contributed by atoms with Crippen molar-refractivity contribution in [3.05, 3.63) is 53.2 Å². The SMILES string of the molecule is CS(=O)(=O)c1cccc(C2=NCc3ccnc(OC4CCOCC4)c32)c1. The van der Waals surface area contributed by atoms with E-state index in [1.165, 1.54) is 6.26 Å². The van der Waals surface area contributed by atoms with Crippen molar-refractivity contribution >= 4 is 15.5 Å². The van der Waals surface area contributed by atoms with Gasteiger partial charge in [0.2, 0.25) is 5.88 Å². The molecule has 1 saturated heterocycles. The summed E-state index contributed by atoms with van der Waals surface area (Å²) in [6, 6.07) is 8.80. The predicted octanol–water partition coefficient (Wildman–Crippen LogP) is 2.39. The molecule has 136 valence electrons. The van der Waals surface area contributed by atoms with Gasteiger partial charge < -0.3 is 9.47 Å². The van der Waals surface area contributed by atoms with Gasteiger partial charge in [-0.2, -0.15) is 0 Å². The number of fused-ring (bicyclic) bond motifs is 1. The maximum atomic E-state index is 11.9. The molecule has 1 aromatic heterocycles. The third-order valence-electron chi connectivity index (χ3n) is 4.63. The molecule has 0 atom stereocenters. The second-order valence-corrected chi connectivity index (χ2v) is 8.56. The molecule has 3 heterocycles. The number of pyridine rings is 1. The minimum absolute atomic E-state index is 0.0759. The molecule has 7 heteroatoms. The minimum Gasteiger partial charge on any atom is -0.474 e. The zero-order valence-corrected chi connectivity index (χ0v) is 15.3. The fourth-order valence-corrected chi connectivity index (χ4v) is 3.93. The van der Waals surface area contributed by atoms with Crippen molar-refractivity contribution in [3.63, 3.8) is 0 Å². The first-order valence-electron chi connectivity index (χ1n) is 8.60. The van der Waals surface area contributed by atoms with Crippen LogP contribution >= 0.6 is 0 Å². The molecule has 1 aromatic carbocycles. The first-order chi connectivity index (χ1) is 12.5. The number of hydrogen-bond donors (Lipinski definition) is 0. The quantitative estimate of drug-likeness (QED) is 0.823. The molecule has 26 heavy (non-hydrogen) atoms. The van der Waals surface area contributed by atoms with Crippen molar-refractivity contribution in [1.82, 2.24) is 4.98 Å². The molecule has 0 unspecified atom stereocenters. The van der Waals surface area contributed by atoms with Gasteiger partial charge in [-0.15, -0.1) is 0 Å². The van der Waals surface area contributed by atoms with E-state index in [-0.39, 0.29) is 11.0 Å². The van der Waals surface area contributed by atoms with Crippen LogP contribution in [-0.2, 0) is 21.1 Å². The van der Waals surface area contributed by atoms with Gasteiger partial charge in [-0.25, -0.2) is 13.4 Å². The van der Waals surface area contributed by atoms with Crippen molar-refractivity contribution in [2.45, 2.75) is 30.4 Å². The largest absolute Gasteiger partial charge is 0.474 e. The summed E-state index contributed by atoms with van der Waals surface area (Å²) in [5.74, 6) is 0.565. The predicted molar refractivity (Wildman–Crippen MR) is 97.6 cm³/mol. The smallest absolute Gasteiger partial charge is 0.223 e. The van der Waals surface area contributed by atoms with E-state index in [9.17, 15) is 8.42 Å². The van der Waals surface area contributed by atoms with Gasteiger partial charge in [-0.3, -0.25) is 4.99 Å². The minimum atomic E-state index is -3.28. The van der Waals surface area contributed by atoms with Gasteiger partial charge in [0.1, 0.15) is 6.10 Å². The fraction of sp³-hybridized carbons (Fsp3) is 0.368. The van der Waals surface area contributed by atoms with Crippen LogP contribution in [0, 0.1) is 0 Å². The third-order valence-corrected chi connectivity index (χ3v) is 5.74. The summed E-state index contributed by atoms with van der Waals surface area (Å²) < 4.78 is 35.3. The average Bonchev–Trinajstić information content (AvgIpc) is 3.07. The van der Waals surface area contributed by atoms with Crippen LogP contribution in [0.5, 0.6) is 5.88 Å². The highest BCUT2D eigenvalue weighted by Crippen LogP contribution is 2.31. The molecular weight excluding hydrogens is 352 g/mol. The van der Waals surface area contributed by atoms with E-state index in [0.717, 1.165) is 35.2 Å². The number of aliphatic imine (C=N–C) groups is 1. The monoisotopic (exact) mass is 372 g/mol. The van der Waals surface area contributed by atoms with Crippen LogP contribution in [0.2, 0.25) is 0 Å². The molecular formula is C19H20N2O4S. The number of rotatable bonds is 4. The lowest BCUT2D eigenvalue weighted by molar-refractivity contribution is 0.0236. The van der Waals surface area contributed by atoms with E-state index in [1.807, 2.05) is 12.1 Å². The Morgan fingerprint density at radius 3 is 2.77 bits per heavy atom. The van der Waals surface area contributed by atoms with Crippen LogP contribution in [0.25, 0.3) is 0 Å². The molecule has 0 spiro atoms. The maximum Gasteiger partial charge on any atom is 0.223 e. The Bertz CT molecular complexity index is 963. The molecule has 2 aromatic rings. The lowest BCUT2D eigenvalue weighted by atomic mass is 10.0. The second kappa shape index (κ2) is 6.81. The highest BCUT2D eigenvalue weighted by Gasteiger charge is 2.26. The first kappa shape index (κ1) is 17.2. The molecule has 2 aliphatic heterocycles. The van der Waals surface area contributed by atoms with E-state index in [4.69, 9.17) is 9.47 Å². The highest BCUT2D eigenvalue weighted by molar-refractivity contribution is 7.90. The first-order valence-corrected chi connectivity index (χ1v) is 10.5. The standard InChI is InChI=1S/C19H20N2O4S/c1-26(22,23)16-4-2-3-13(11-16)18-17-14(12-21-18)5-8-20-19(17)25-15-6-9-24-10-7-15/h2-5,8,11,15H,6-7,9-10,12H2,1H3. The van der Waals surface area contributed by atoms with Gasteiger partial charge in [0.15, 0.2) is 9.84 Å². The number of nitrogens with zero attached hydrogens (tertiary/aromatic N) is 2. The van der Waals surface area contributed by atoms with E-state index < -0.39 is 9.84 Å². The number of aromatic nitrogens is 1. The van der Waals surface area contributed by atoms with Crippen molar-refractivity contribution in [3.8, 4) is 5.88 Å². The topological polar surface area (TPSA) is 77.9 Å². The van der Waals surface area contributed by atoms with Crippen LogP contribution in [-0.4, -0.2) is 44.7 Å². The zero-order valence-electron chi connectivity index (χ0n) is 14.5. The number of benzene rings is 1. The van der Waals surface area contributed by atoms with E-state index in [2.05, 4.69) is 9.98 Å². The van der Waals surface area contributed by atoms with E-state index >= 15 is 0 Å². The van der Waals surface area contributed by atoms with Crippen LogP contribution < -0.4 is 4.74 Å². The maximum absolute atomic E-state index is 11.9. The van der Waals surface area contributed by atoms with Gasteiger partial charge in [0, 0.05) is 30.9 Å². The Labute approximate surface area is 152 Å². The summed E-state index contributed by atoms with van der Waals surface area (Å²) in [5, 5.41) is 0. The Hall–Kier alpha value is -2.25. The fourth-order valence-electron chi connectivity index (χ4n) is 3.26. The van der Waals surface area contributed by atoms with Gasteiger partial charge in [0.05, 0.1) is 35.9 Å². The van der Waals surface area contributed by atoms with Gasteiger partial charge in [-0.1, -0.05) is 12.1 Å². The van der Waals surface area contributed by atoms with Crippen molar-refractivity contribution in [2.24, 2.45) is 4.99 Å². The third kappa shape index (κ3) is 3.37. The van der Waals surface area contributed by atoms with E-state index in [0.29, 0.717) is 25.6 Å². The summed E-state index contributed by atoms with van der Waals surface area (Å²) >= 11 is 0. The molecule has 4 rings (SSSR count). The molecule has 0 radical (unpaired) electrons. The summed E-state index contributed by atoms with van der Waals surface area (Å²) in [6.07, 6.45) is 4.69. The van der Waals surface area contributed by atoms with Gasteiger partial charge in [0.25, 0.3) is 0 Å². The van der Waals surface area contributed by atoms with Crippen molar-refractivity contribution < 1.29 is 17.9 Å². The van der Waals surface area contributed by atoms with E-state index in [1.54, 1.807) is 24.4 Å². The zero-order chi connectivity index (χ0) is 18.1. The second-order valence-electron chi connectivity index (χ2n) is 6.54. The van der Waals surface area contributed by atoms with Crippen molar-refractivity contribution in [1.29, 1.82) is 0 Å². The Balaban J connectivity index is 1.71. The van der Waals surface area contributed by atoms with Gasteiger partial charge in [-0.05, 0) is 23.8 Å². The average molecular weight is 372 g/mol. The lowest BCUT2D eigenvalue weighted by Crippen LogP contribution is -2.27. The summed E-state index contributed by atoms with van der Waals surface area (Å²) in [6.45, 7) is 1.93. The number of hydrogen-bond acceptors (Lipinski definition) is 6. The Morgan fingerprint density at radius 1 is 1.19 bits per heavy atom. The molecule has 0 saturated carbocycles. The van der Waals surface area contributed by atoms with Gasteiger partial charge >= 0.3 is 0 Å². The molecule has 0 aliphatic carbocycles. The summed E-state index contributed by atoms with van der Waals surface area (Å²) in [7, 11) is -3.28. The van der Waals surface area contributed by atoms with Crippen LogP contribution in [0.3, 0.4) is 0 Å². The number of sulfone groups is 1. The molecule has 0 amide bonds. The molecule has 0 bridgehead atoms. The normalized spacial score (nSPS) is 17.7. The Morgan fingerprint density at radius 2 is 2.00 bits per heavy atom. The van der Waals surface area contributed by atoms with Crippen LogP contribution in [0.15, 0.2) is 46.4 Å². The molecule has 2 aliphatic rings.